The number of benzene rings is 1. The first-order chi connectivity index (χ1) is 13.7. The fourth-order valence-electron chi connectivity index (χ4n) is 3.22. The molecule has 0 aliphatic carbocycles. The number of hydrogen-bond donors (Lipinski definition) is 3. The third-order valence-corrected chi connectivity index (χ3v) is 4.41. The van der Waals surface area contributed by atoms with Gasteiger partial charge in [-0.1, -0.05) is 13.8 Å². The molecule has 0 radical (unpaired) electrons. The zero-order chi connectivity index (χ0) is 21.8. The van der Waals surface area contributed by atoms with Gasteiger partial charge in [0.1, 0.15) is 11.6 Å². The van der Waals surface area contributed by atoms with Crippen molar-refractivity contribution in [1.29, 1.82) is 0 Å². The average molecular weight is 410 g/mol. The lowest BCUT2D eigenvalue weighted by atomic mass is 10.0. The number of halogens is 1. The van der Waals surface area contributed by atoms with E-state index < -0.39 is 11.9 Å². The van der Waals surface area contributed by atoms with Crippen LogP contribution in [0.15, 0.2) is 30.4 Å². The molecule has 0 unspecified atom stereocenters. The van der Waals surface area contributed by atoms with E-state index in [4.69, 9.17) is 14.9 Å². The third kappa shape index (κ3) is 10.0. The van der Waals surface area contributed by atoms with Crippen molar-refractivity contribution in [2.75, 3.05) is 26.7 Å². The van der Waals surface area contributed by atoms with Crippen molar-refractivity contribution in [3.8, 4) is 5.75 Å². The van der Waals surface area contributed by atoms with E-state index in [0.717, 1.165) is 50.3 Å². The minimum Gasteiger partial charge on any atom is -0.496 e. The van der Waals surface area contributed by atoms with Crippen LogP contribution >= 0.6 is 0 Å². The standard InChI is InChI=1S/C17H27FN2O.C4H4O4/c1-13(2)11-20(16-6-8-19-9-7-16)12-14-10-15(18)4-5-17(14)21-3;5-3(6)1-2-4(7)8/h4-5,10,13,16,19H,6-9,11-12H2,1-3H3;1-2H,(H,5,6)(H,7,8). The molecule has 7 nitrogen and oxygen atoms in total. The molecule has 3 N–H and O–H groups in total. The van der Waals surface area contributed by atoms with Crippen LogP contribution in [0.5, 0.6) is 5.75 Å². The van der Waals surface area contributed by atoms with E-state index in [1.807, 2.05) is 0 Å². The van der Waals surface area contributed by atoms with Crippen molar-refractivity contribution in [2.45, 2.75) is 39.3 Å². The Bertz CT molecular complexity index is 672. The first-order valence-corrected chi connectivity index (χ1v) is 9.64. The van der Waals surface area contributed by atoms with Gasteiger partial charge in [-0.05, 0) is 50.0 Å². The Morgan fingerprint density at radius 1 is 1.24 bits per heavy atom. The summed E-state index contributed by atoms with van der Waals surface area (Å²) in [5.74, 6) is -1.33. The molecule has 1 aromatic carbocycles. The minimum atomic E-state index is -1.26. The van der Waals surface area contributed by atoms with Crippen LogP contribution in [0, 0.1) is 11.7 Å². The van der Waals surface area contributed by atoms with E-state index in [1.54, 1.807) is 19.2 Å². The molecule has 1 heterocycles. The highest BCUT2D eigenvalue weighted by atomic mass is 19.1. The summed E-state index contributed by atoms with van der Waals surface area (Å²) in [5, 5.41) is 19.0. The van der Waals surface area contributed by atoms with Crippen molar-refractivity contribution < 1.29 is 28.9 Å². The highest BCUT2D eigenvalue weighted by molar-refractivity contribution is 5.89. The molecule has 0 amide bonds. The molecule has 1 fully saturated rings. The quantitative estimate of drug-likeness (QED) is 0.567. The van der Waals surface area contributed by atoms with E-state index in [9.17, 15) is 14.0 Å². The molecule has 8 heteroatoms. The summed E-state index contributed by atoms with van der Waals surface area (Å²) in [6.07, 6.45) is 3.43. The first-order valence-electron chi connectivity index (χ1n) is 9.64. The van der Waals surface area contributed by atoms with Gasteiger partial charge in [-0.2, -0.15) is 0 Å². The van der Waals surface area contributed by atoms with E-state index in [-0.39, 0.29) is 5.82 Å². The minimum absolute atomic E-state index is 0.194. The Morgan fingerprint density at radius 2 is 1.83 bits per heavy atom. The molecule has 1 aliphatic rings. The highest BCUT2D eigenvalue weighted by Gasteiger charge is 2.23. The van der Waals surface area contributed by atoms with Crippen LogP contribution in [0.4, 0.5) is 4.39 Å². The Morgan fingerprint density at radius 3 is 2.31 bits per heavy atom. The van der Waals surface area contributed by atoms with Crippen LogP contribution in [0.2, 0.25) is 0 Å². The second-order valence-corrected chi connectivity index (χ2v) is 7.27. The topological polar surface area (TPSA) is 99.1 Å². The first kappa shape index (κ1) is 24.6. The molecule has 1 aromatic rings. The van der Waals surface area contributed by atoms with Gasteiger partial charge in [0.25, 0.3) is 0 Å². The summed E-state index contributed by atoms with van der Waals surface area (Å²) in [4.78, 5) is 21.6. The van der Waals surface area contributed by atoms with Crippen LogP contribution in [-0.4, -0.2) is 59.8 Å². The average Bonchev–Trinajstić information content (AvgIpc) is 2.67. The summed E-state index contributed by atoms with van der Waals surface area (Å²) in [6, 6.07) is 5.36. The molecular weight excluding hydrogens is 379 g/mol. The predicted molar refractivity (Wildman–Crippen MR) is 109 cm³/mol. The maximum atomic E-state index is 13.6. The normalized spacial score (nSPS) is 14.7. The maximum absolute atomic E-state index is 13.6. The summed E-state index contributed by atoms with van der Waals surface area (Å²) < 4.78 is 18.9. The van der Waals surface area contributed by atoms with Gasteiger partial charge in [0.05, 0.1) is 7.11 Å². The number of carboxylic acid groups (broad SMARTS) is 2. The number of carbonyl (C=O) groups is 2. The molecule has 0 saturated carbocycles. The molecule has 29 heavy (non-hydrogen) atoms. The van der Waals surface area contributed by atoms with Crippen molar-refractivity contribution in [3.05, 3.63) is 41.7 Å². The van der Waals surface area contributed by atoms with Gasteiger partial charge < -0.3 is 20.3 Å². The number of nitrogens with one attached hydrogen (secondary N) is 1. The van der Waals surface area contributed by atoms with Gasteiger partial charge in [-0.15, -0.1) is 0 Å². The smallest absolute Gasteiger partial charge is 0.328 e. The second-order valence-electron chi connectivity index (χ2n) is 7.27. The lowest BCUT2D eigenvalue weighted by molar-refractivity contribution is -0.134. The molecule has 1 saturated heterocycles. The number of ether oxygens (including phenoxy) is 1. The second kappa shape index (κ2) is 12.9. The van der Waals surface area contributed by atoms with Crippen LogP contribution in [-0.2, 0) is 16.1 Å². The Hall–Kier alpha value is -2.45. The Labute approximate surface area is 171 Å². The van der Waals surface area contributed by atoms with Gasteiger partial charge in [-0.3, -0.25) is 4.90 Å². The maximum Gasteiger partial charge on any atom is 0.328 e. The van der Waals surface area contributed by atoms with Gasteiger partial charge in [0, 0.05) is 36.8 Å². The fraction of sp³-hybridized carbons (Fsp3) is 0.524. The van der Waals surface area contributed by atoms with Crippen LogP contribution < -0.4 is 10.1 Å². The zero-order valence-electron chi connectivity index (χ0n) is 17.2. The summed E-state index contributed by atoms with van der Waals surface area (Å²) in [5.41, 5.74) is 0.941. The fourth-order valence-corrected chi connectivity index (χ4v) is 3.22. The third-order valence-electron chi connectivity index (χ3n) is 4.41. The number of piperidine rings is 1. The van der Waals surface area contributed by atoms with Crippen LogP contribution in [0.3, 0.4) is 0 Å². The lowest BCUT2D eigenvalue weighted by Crippen LogP contribution is -2.44. The number of methoxy groups -OCH3 is 1. The Balaban J connectivity index is 0.000000447. The van der Waals surface area contributed by atoms with E-state index >= 15 is 0 Å². The molecule has 0 bridgehead atoms. The van der Waals surface area contributed by atoms with E-state index in [2.05, 4.69) is 24.1 Å². The van der Waals surface area contributed by atoms with Crippen LogP contribution in [0.25, 0.3) is 0 Å². The van der Waals surface area contributed by atoms with Crippen molar-refractivity contribution in [3.63, 3.8) is 0 Å². The molecular formula is C21H31FN2O5. The van der Waals surface area contributed by atoms with Crippen molar-refractivity contribution >= 4 is 11.9 Å². The van der Waals surface area contributed by atoms with Gasteiger partial charge in [0.15, 0.2) is 0 Å². The van der Waals surface area contributed by atoms with E-state index in [0.29, 0.717) is 24.1 Å². The number of hydrogen-bond acceptors (Lipinski definition) is 5. The number of carboxylic acids is 2. The SMILES string of the molecule is COc1ccc(F)cc1CN(CC(C)C)C1CCNCC1.O=C(O)C=CC(=O)O. The molecule has 0 spiro atoms. The van der Waals surface area contributed by atoms with E-state index in [1.165, 1.54) is 6.07 Å². The molecule has 1 aliphatic heterocycles. The Kier molecular flexibility index (Phi) is 10.9. The van der Waals surface area contributed by atoms with Crippen molar-refractivity contribution in [1.82, 2.24) is 10.2 Å². The summed E-state index contributed by atoms with van der Waals surface area (Å²) in [7, 11) is 1.65. The van der Waals surface area contributed by atoms with Gasteiger partial charge in [-0.25, -0.2) is 14.0 Å². The summed E-state index contributed by atoms with van der Waals surface area (Å²) in [6.45, 7) is 8.39. The molecule has 0 atom stereocenters. The number of nitrogens with zero attached hydrogens (tertiary/aromatic N) is 1. The monoisotopic (exact) mass is 410 g/mol. The van der Waals surface area contributed by atoms with Crippen LogP contribution in [0.1, 0.15) is 32.3 Å². The molecule has 0 aromatic heterocycles. The zero-order valence-corrected chi connectivity index (χ0v) is 17.2. The number of aliphatic carboxylic acids is 2. The van der Waals surface area contributed by atoms with Crippen molar-refractivity contribution in [2.24, 2.45) is 5.92 Å². The highest BCUT2D eigenvalue weighted by Crippen LogP contribution is 2.24. The lowest BCUT2D eigenvalue weighted by Gasteiger charge is -2.36. The largest absolute Gasteiger partial charge is 0.496 e. The number of rotatable bonds is 8. The summed E-state index contributed by atoms with van der Waals surface area (Å²) >= 11 is 0. The predicted octanol–water partition coefficient (Wildman–Crippen LogP) is 2.76. The molecule has 2 rings (SSSR count). The van der Waals surface area contributed by atoms with Gasteiger partial charge in [0.2, 0.25) is 0 Å². The van der Waals surface area contributed by atoms with Gasteiger partial charge >= 0.3 is 11.9 Å². The molecule has 162 valence electrons.